The van der Waals surface area contributed by atoms with Gasteiger partial charge in [-0.05, 0) is 36.8 Å². The quantitative estimate of drug-likeness (QED) is 0.879. The van der Waals surface area contributed by atoms with Gasteiger partial charge < -0.3 is 10.2 Å². The maximum atomic E-state index is 4.55. The highest BCUT2D eigenvalue weighted by molar-refractivity contribution is 5.47. The molecule has 1 heterocycles. The van der Waals surface area contributed by atoms with Crippen molar-refractivity contribution in [3.05, 3.63) is 59.4 Å². The van der Waals surface area contributed by atoms with Crippen LogP contribution in [0.3, 0.4) is 0 Å². The Balaban J connectivity index is 1.97. The van der Waals surface area contributed by atoms with Crippen molar-refractivity contribution in [1.29, 1.82) is 0 Å². The van der Waals surface area contributed by atoms with E-state index in [4.69, 9.17) is 0 Å². The van der Waals surface area contributed by atoms with Crippen LogP contribution in [0.15, 0.2) is 42.5 Å². The highest BCUT2D eigenvalue weighted by Crippen LogP contribution is 2.16. The molecule has 1 N–H and O–H groups in total. The average Bonchev–Trinajstić information content (AvgIpc) is 2.45. The lowest BCUT2D eigenvalue weighted by Gasteiger charge is -2.19. The first kappa shape index (κ1) is 15.5. The van der Waals surface area contributed by atoms with Crippen molar-refractivity contribution in [2.24, 2.45) is 0 Å². The molecule has 21 heavy (non-hydrogen) atoms. The molecule has 0 saturated heterocycles. The second-order valence-electron chi connectivity index (χ2n) is 5.83. The Hall–Kier alpha value is -1.87. The van der Waals surface area contributed by atoms with Crippen molar-refractivity contribution in [2.75, 3.05) is 11.9 Å². The van der Waals surface area contributed by atoms with Gasteiger partial charge in [-0.3, -0.25) is 4.98 Å². The fraction of sp³-hybridized carbons (Fsp3) is 0.389. The van der Waals surface area contributed by atoms with E-state index in [1.807, 2.05) is 13.0 Å². The number of aryl methyl sites for hydroxylation is 1. The Labute approximate surface area is 128 Å². The van der Waals surface area contributed by atoms with Gasteiger partial charge in [-0.15, -0.1) is 0 Å². The fourth-order valence-electron chi connectivity index (χ4n) is 2.21. The lowest BCUT2D eigenvalue weighted by Crippen LogP contribution is -2.22. The summed E-state index contributed by atoms with van der Waals surface area (Å²) in [5.74, 6) is 0. The second-order valence-corrected chi connectivity index (χ2v) is 5.83. The topological polar surface area (TPSA) is 28.2 Å². The average molecular weight is 283 g/mol. The zero-order valence-electron chi connectivity index (χ0n) is 13.4. The summed E-state index contributed by atoms with van der Waals surface area (Å²) < 4.78 is 0. The molecule has 0 aliphatic carbocycles. The first-order valence-electron chi connectivity index (χ1n) is 7.50. The summed E-state index contributed by atoms with van der Waals surface area (Å²) in [6.45, 7) is 8.10. The van der Waals surface area contributed by atoms with Crippen molar-refractivity contribution in [3.63, 3.8) is 0 Å². The van der Waals surface area contributed by atoms with Crippen LogP contribution in [0.4, 0.5) is 5.69 Å². The van der Waals surface area contributed by atoms with E-state index in [1.54, 1.807) is 0 Å². The minimum atomic E-state index is 0.514. The van der Waals surface area contributed by atoms with Crippen molar-refractivity contribution >= 4 is 5.69 Å². The fourth-order valence-corrected chi connectivity index (χ4v) is 2.21. The van der Waals surface area contributed by atoms with Gasteiger partial charge in [-0.2, -0.15) is 0 Å². The monoisotopic (exact) mass is 283 g/mol. The SMILES string of the molecule is Cc1cccc(CN(C)c2ccc(CNC(C)C)cc2)n1. The first-order valence-corrected chi connectivity index (χ1v) is 7.50. The molecular weight excluding hydrogens is 258 g/mol. The van der Waals surface area contributed by atoms with Crippen LogP contribution < -0.4 is 10.2 Å². The molecule has 0 saturated carbocycles. The summed E-state index contributed by atoms with van der Waals surface area (Å²) in [4.78, 5) is 6.78. The summed E-state index contributed by atoms with van der Waals surface area (Å²) in [6.07, 6.45) is 0. The third-order valence-corrected chi connectivity index (χ3v) is 3.44. The van der Waals surface area contributed by atoms with Crippen molar-refractivity contribution in [1.82, 2.24) is 10.3 Å². The maximum absolute atomic E-state index is 4.55. The normalized spacial score (nSPS) is 10.9. The molecule has 3 heteroatoms. The third kappa shape index (κ3) is 4.87. The molecular formula is C18H25N3. The van der Waals surface area contributed by atoms with E-state index in [2.05, 4.69) is 72.5 Å². The predicted octanol–water partition coefficient (Wildman–Crippen LogP) is 3.52. The van der Waals surface area contributed by atoms with Crippen molar-refractivity contribution in [3.8, 4) is 0 Å². The third-order valence-electron chi connectivity index (χ3n) is 3.44. The van der Waals surface area contributed by atoms with Gasteiger partial charge in [0.2, 0.25) is 0 Å². The van der Waals surface area contributed by atoms with Crippen LogP contribution in [0.1, 0.15) is 30.8 Å². The summed E-state index contributed by atoms with van der Waals surface area (Å²) in [6, 6.07) is 15.4. The molecule has 112 valence electrons. The lowest BCUT2D eigenvalue weighted by molar-refractivity contribution is 0.589. The highest BCUT2D eigenvalue weighted by atomic mass is 15.1. The predicted molar refractivity (Wildman–Crippen MR) is 89.5 cm³/mol. The van der Waals surface area contributed by atoms with E-state index in [9.17, 15) is 0 Å². The van der Waals surface area contributed by atoms with Gasteiger partial charge in [0.25, 0.3) is 0 Å². The summed E-state index contributed by atoms with van der Waals surface area (Å²) in [7, 11) is 2.10. The van der Waals surface area contributed by atoms with Gasteiger partial charge in [-0.1, -0.05) is 32.0 Å². The molecule has 0 radical (unpaired) electrons. The van der Waals surface area contributed by atoms with Crippen molar-refractivity contribution in [2.45, 2.75) is 39.9 Å². The van der Waals surface area contributed by atoms with Gasteiger partial charge in [0.1, 0.15) is 0 Å². The minimum Gasteiger partial charge on any atom is -0.369 e. The zero-order chi connectivity index (χ0) is 15.2. The second kappa shape index (κ2) is 7.23. The van der Waals surface area contributed by atoms with Crippen LogP contribution in [0.25, 0.3) is 0 Å². The van der Waals surface area contributed by atoms with E-state index in [-0.39, 0.29) is 0 Å². The molecule has 1 aromatic heterocycles. The van der Waals surface area contributed by atoms with E-state index in [0.29, 0.717) is 6.04 Å². The largest absolute Gasteiger partial charge is 0.369 e. The molecule has 1 aromatic carbocycles. The Morgan fingerprint density at radius 1 is 1.10 bits per heavy atom. The number of nitrogens with zero attached hydrogens (tertiary/aromatic N) is 2. The number of hydrogen-bond acceptors (Lipinski definition) is 3. The molecule has 0 aliphatic rings. The Morgan fingerprint density at radius 2 is 1.81 bits per heavy atom. The molecule has 2 rings (SSSR count). The molecule has 0 spiro atoms. The lowest BCUT2D eigenvalue weighted by atomic mass is 10.2. The van der Waals surface area contributed by atoms with E-state index >= 15 is 0 Å². The number of pyridine rings is 1. The number of nitrogens with one attached hydrogen (secondary N) is 1. The Morgan fingerprint density at radius 3 is 2.43 bits per heavy atom. The van der Waals surface area contributed by atoms with Crippen LogP contribution in [0, 0.1) is 6.92 Å². The van der Waals surface area contributed by atoms with Gasteiger partial charge in [0.05, 0.1) is 12.2 Å². The molecule has 0 atom stereocenters. The number of rotatable bonds is 6. The van der Waals surface area contributed by atoms with Crippen LogP contribution in [-0.2, 0) is 13.1 Å². The summed E-state index contributed by atoms with van der Waals surface area (Å²) in [5.41, 5.74) is 4.69. The van der Waals surface area contributed by atoms with Gasteiger partial charge in [-0.25, -0.2) is 0 Å². The number of benzene rings is 1. The van der Waals surface area contributed by atoms with E-state index < -0.39 is 0 Å². The standard InChI is InChI=1S/C18H25N3/c1-14(2)19-12-16-8-10-18(11-9-16)21(4)13-17-7-5-6-15(3)20-17/h5-11,14,19H,12-13H2,1-4H3. The van der Waals surface area contributed by atoms with Gasteiger partial charge >= 0.3 is 0 Å². The number of aromatic nitrogens is 1. The maximum Gasteiger partial charge on any atom is 0.0600 e. The molecule has 3 nitrogen and oxygen atoms in total. The zero-order valence-corrected chi connectivity index (χ0v) is 13.4. The minimum absolute atomic E-state index is 0.514. The van der Waals surface area contributed by atoms with Gasteiger partial charge in [0, 0.05) is 31.0 Å². The number of anilines is 1. The van der Waals surface area contributed by atoms with Gasteiger partial charge in [0.15, 0.2) is 0 Å². The highest BCUT2D eigenvalue weighted by Gasteiger charge is 2.04. The van der Waals surface area contributed by atoms with Crippen molar-refractivity contribution < 1.29 is 0 Å². The number of hydrogen-bond donors (Lipinski definition) is 1. The van der Waals surface area contributed by atoms with Crippen LogP contribution in [0.5, 0.6) is 0 Å². The molecule has 2 aromatic rings. The molecule has 0 unspecified atom stereocenters. The smallest absolute Gasteiger partial charge is 0.0600 e. The van der Waals surface area contributed by atoms with Crippen LogP contribution in [-0.4, -0.2) is 18.1 Å². The molecule has 0 bridgehead atoms. The van der Waals surface area contributed by atoms with Crippen LogP contribution in [0.2, 0.25) is 0 Å². The first-order chi connectivity index (χ1) is 10.0. The Kier molecular flexibility index (Phi) is 5.34. The molecule has 0 fully saturated rings. The Bertz CT molecular complexity index is 561. The van der Waals surface area contributed by atoms with E-state index in [0.717, 1.165) is 24.5 Å². The molecule has 0 amide bonds. The summed E-state index contributed by atoms with van der Waals surface area (Å²) in [5, 5.41) is 3.43. The molecule has 0 aliphatic heterocycles. The summed E-state index contributed by atoms with van der Waals surface area (Å²) >= 11 is 0. The van der Waals surface area contributed by atoms with Crippen LogP contribution >= 0.6 is 0 Å². The van der Waals surface area contributed by atoms with E-state index in [1.165, 1.54) is 11.3 Å².